The Bertz CT molecular complexity index is 566. The molecule has 0 atom stereocenters. The molecule has 2 aromatic rings. The van der Waals surface area contributed by atoms with Crippen LogP contribution in [0.25, 0.3) is 0 Å². The van der Waals surface area contributed by atoms with E-state index in [4.69, 9.17) is 11.0 Å². The molecule has 0 aliphatic carbocycles. The van der Waals surface area contributed by atoms with Crippen molar-refractivity contribution in [2.75, 3.05) is 6.61 Å². The topological polar surface area (TPSA) is 9.23 Å². The largest absolute Gasteiger partial charge is 2.00 e. The van der Waals surface area contributed by atoms with Crippen LogP contribution in [0.4, 0.5) is 0 Å². The molecule has 0 radical (unpaired) electrons. The summed E-state index contributed by atoms with van der Waals surface area (Å²) >= 11 is 0. The molecular weight excluding hydrogens is 386 g/mol. The Morgan fingerprint density at radius 2 is 1.35 bits per heavy atom. The normalized spacial score (nSPS) is 11.0. The molecule has 2 rings (SSSR count). The van der Waals surface area contributed by atoms with Gasteiger partial charge in [-0.15, -0.1) is 0 Å². The van der Waals surface area contributed by atoms with Gasteiger partial charge in [0.1, 0.15) is 0 Å². The number of allylic oxidation sites excluding steroid dienone is 1. The molecule has 2 aromatic carbocycles. The van der Waals surface area contributed by atoms with Gasteiger partial charge in [0.15, 0.2) is 0 Å². The van der Waals surface area contributed by atoms with E-state index in [1.807, 2.05) is 0 Å². The van der Waals surface area contributed by atoms with Crippen LogP contribution in [0.1, 0.15) is 40.5 Å². The molecule has 0 spiro atoms. The van der Waals surface area contributed by atoms with Crippen molar-refractivity contribution in [3.63, 3.8) is 0 Å². The summed E-state index contributed by atoms with van der Waals surface area (Å²) in [6.07, 6.45) is 3.56. The Balaban J connectivity index is 0.00000201. The van der Waals surface area contributed by atoms with Crippen molar-refractivity contribution in [2.45, 2.75) is 45.6 Å². The molecule has 0 N–H and O–H groups in total. The number of unbranched alkanes of at least 4 members (excludes halogenated alkanes) is 1. The number of hydrogen-bond donors (Lipinski definition) is 0. The maximum Gasteiger partial charge on any atom is 2.00 e. The van der Waals surface area contributed by atoms with Crippen LogP contribution >= 0.6 is 0 Å². The van der Waals surface area contributed by atoms with Crippen LogP contribution in [-0.4, -0.2) is 14.9 Å². The zero-order chi connectivity index (χ0) is 18.8. The van der Waals surface area contributed by atoms with E-state index in [1.165, 1.54) is 10.4 Å². The van der Waals surface area contributed by atoms with Crippen molar-refractivity contribution in [1.29, 1.82) is 0 Å². The summed E-state index contributed by atoms with van der Waals surface area (Å²) in [4.78, 5) is 0. The van der Waals surface area contributed by atoms with Gasteiger partial charge in [-0.1, -0.05) is 87.9 Å². The first-order chi connectivity index (χ1) is 12.0. The first kappa shape index (κ1) is 25.0. The molecule has 0 heterocycles. The number of hydrogen-bond acceptors (Lipinski definition) is 1. The molecule has 0 unspecified atom stereocenters. The van der Waals surface area contributed by atoms with Crippen molar-refractivity contribution >= 4 is 18.7 Å². The van der Waals surface area contributed by atoms with Crippen molar-refractivity contribution < 1.29 is 23.9 Å². The first-order valence-electron chi connectivity index (χ1n) is 9.01. The summed E-state index contributed by atoms with van der Waals surface area (Å²) in [5, 5.41) is 2.70. The summed E-state index contributed by atoms with van der Waals surface area (Å²) in [5.74, 6) is 0. The Morgan fingerprint density at radius 3 is 1.69 bits per heavy atom. The number of benzene rings is 2. The first-order valence-corrected chi connectivity index (χ1v) is 10.9. The van der Waals surface area contributed by atoms with E-state index in [0.29, 0.717) is 0 Å². The molecule has 0 fully saturated rings. The zero-order valence-electron chi connectivity index (χ0n) is 16.9. The maximum absolute atomic E-state index is 6.73. The minimum absolute atomic E-state index is 0. The fourth-order valence-electron chi connectivity index (χ4n) is 3.19. The molecule has 136 valence electrons. The van der Waals surface area contributed by atoms with Crippen LogP contribution in [0.3, 0.4) is 0 Å². The molecular formula is C23H32OSiZn. The van der Waals surface area contributed by atoms with Gasteiger partial charge in [-0.25, -0.2) is 0 Å². The molecule has 0 saturated heterocycles. The summed E-state index contributed by atoms with van der Waals surface area (Å²) in [7, 11) is -2.35. The third kappa shape index (κ3) is 6.01. The molecule has 0 saturated carbocycles. The van der Waals surface area contributed by atoms with Crippen LogP contribution in [-0.2, 0) is 23.9 Å². The predicted molar refractivity (Wildman–Crippen MR) is 113 cm³/mol. The summed E-state index contributed by atoms with van der Waals surface area (Å²) in [5.41, 5.74) is 0. The minimum Gasteiger partial charge on any atom is -0.518 e. The fourth-order valence-corrected chi connectivity index (χ4v) is 7.79. The van der Waals surface area contributed by atoms with Crippen molar-refractivity contribution in [2.24, 2.45) is 0 Å². The average Bonchev–Trinajstić information content (AvgIpc) is 2.64. The Morgan fingerprint density at radius 1 is 0.923 bits per heavy atom. The average molecular weight is 418 g/mol. The van der Waals surface area contributed by atoms with Crippen LogP contribution in [0.15, 0.2) is 66.7 Å². The van der Waals surface area contributed by atoms with Crippen LogP contribution in [0, 0.1) is 13.5 Å². The third-order valence-corrected chi connectivity index (χ3v) is 9.29. The second-order valence-corrected chi connectivity index (χ2v) is 11.2. The van der Waals surface area contributed by atoms with Crippen LogP contribution in [0.5, 0.6) is 0 Å². The van der Waals surface area contributed by atoms with E-state index in [-0.39, 0.29) is 24.5 Å². The molecule has 3 heteroatoms. The van der Waals surface area contributed by atoms with E-state index < -0.39 is 8.32 Å². The van der Waals surface area contributed by atoms with E-state index in [9.17, 15) is 0 Å². The Labute approximate surface area is 174 Å². The van der Waals surface area contributed by atoms with Crippen molar-refractivity contribution in [3.8, 4) is 0 Å². The summed E-state index contributed by atoms with van der Waals surface area (Å²) in [6, 6.07) is 21.5. The second-order valence-electron chi connectivity index (χ2n) is 6.89. The number of rotatable bonds is 7. The molecule has 0 amide bonds. The van der Waals surface area contributed by atoms with Crippen LogP contribution in [0.2, 0.25) is 5.04 Å². The van der Waals surface area contributed by atoms with E-state index in [1.54, 1.807) is 13.0 Å². The van der Waals surface area contributed by atoms with Gasteiger partial charge >= 0.3 is 19.5 Å². The minimum atomic E-state index is -2.35. The molecule has 0 aromatic heterocycles. The zero-order valence-corrected chi connectivity index (χ0v) is 20.8. The molecule has 0 aliphatic rings. The Hall–Kier alpha value is -1.02. The van der Waals surface area contributed by atoms with E-state index in [2.05, 4.69) is 88.4 Å². The standard InChI is InChI=1S/C21H27OSi.C2H5.Zn/c1-5-6-13-18-22-23(21(2,3)4,19-14-9-7-10-15-19)20-16-11-8-12-17-20;1-2;/h1,5,7-12,14-17H,6,13,18H2,2-4H3;1H2,2H3;/q2*-1;+2. The quantitative estimate of drug-likeness (QED) is 0.343. The monoisotopic (exact) mass is 416 g/mol. The van der Waals surface area contributed by atoms with Gasteiger partial charge in [0.2, 0.25) is 0 Å². The molecule has 1 nitrogen and oxygen atoms in total. The molecule has 0 aliphatic heterocycles. The van der Waals surface area contributed by atoms with Crippen LogP contribution < -0.4 is 10.4 Å². The second kappa shape index (κ2) is 12.4. The van der Waals surface area contributed by atoms with E-state index >= 15 is 0 Å². The predicted octanol–water partition coefficient (Wildman–Crippen LogP) is 5.17. The molecule has 26 heavy (non-hydrogen) atoms. The van der Waals surface area contributed by atoms with Crippen molar-refractivity contribution in [1.82, 2.24) is 0 Å². The van der Waals surface area contributed by atoms with Gasteiger partial charge in [-0.3, -0.25) is 6.08 Å². The van der Waals surface area contributed by atoms with Gasteiger partial charge in [0.25, 0.3) is 8.32 Å². The van der Waals surface area contributed by atoms with Gasteiger partial charge in [0, 0.05) is 6.61 Å². The van der Waals surface area contributed by atoms with Gasteiger partial charge < -0.3 is 17.9 Å². The fraction of sp³-hybridized carbons (Fsp3) is 0.348. The maximum atomic E-state index is 6.73. The van der Waals surface area contributed by atoms with E-state index in [0.717, 1.165) is 19.4 Å². The smallest absolute Gasteiger partial charge is 0.518 e. The van der Waals surface area contributed by atoms with Crippen molar-refractivity contribution in [3.05, 3.63) is 80.2 Å². The van der Waals surface area contributed by atoms with Gasteiger partial charge in [-0.2, -0.15) is 6.92 Å². The SMILES string of the molecule is [CH-]=CCCCO[Si](c1ccccc1)(c1ccccc1)C(C)(C)C.[CH2-]C.[Zn+2]. The summed E-state index contributed by atoms with van der Waals surface area (Å²) in [6.45, 7) is 18.2. The van der Waals surface area contributed by atoms with Gasteiger partial charge in [0.05, 0.1) is 0 Å². The Kier molecular flexibility index (Phi) is 11.9. The van der Waals surface area contributed by atoms with Gasteiger partial charge in [-0.05, 0) is 21.8 Å². The molecule has 0 bridgehead atoms. The summed E-state index contributed by atoms with van der Waals surface area (Å²) < 4.78 is 6.73. The third-order valence-electron chi connectivity index (χ3n) is 4.25.